The Bertz CT molecular complexity index is 478. The second-order valence-corrected chi connectivity index (χ2v) is 4.20. The highest BCUT2D eigenvalue weighted by atomic mass is 16.6. The van der Waals surface area contributed by atoms with Crippen LogP contribution < -0.4 is 0 Å². The Balaban J connectivity index is 2.39. The molecular formula is C12H12N2O2. The van der Waals surface area contributed by atoms with E-state index in [1.807, 2.05) is 13.0 Å². The number of benzene rings is 1. The van der Waals surface area contributed by atoms with Crippen molar-refractivity contribution in [3.05, 3.63) is 39.9 Å². The minimum Gasteiger partial charge on any atom is -0.258 e. The predicted octanol–water partition coefficient (Wildman–Crippen LogP) is 2.79. The van der Waals surface area contributed by atoms with E-state index in [9.17, 15) is 15.4 Å². The van der Waals surface area contributed by atoms with Crippen molar-refractivity contribution in [1.82, 2.24) is 0 Å². The minimum absolute atomic E-state index is 0.0638. The zero-order valence-corrected chi connectivity index (χ0v) is 9.01. The highest BCUT2D eigenvalue weighted by Gasteiger charge is 2.55. The number of nitro benzene ring substituents is 1. The number of non-ortho nitro benzene ring substituents is 1. The molecule has 0 saturated heterocycles. The Morgan fingerprint density at radius 1 is 1.69 bits per heavy atom. The molecule has 0 radical (unpaired) electrons. The average Bonchev–Trinajstić information content (AvgIpc) is 3.04. The summed E-state index contributed by atoms with van der Waals surface area (Å²) >= 11 is 0. The van der Waals surface area contributed by atoms with Crippen LogP contribution >= 0.6 is 0 Å². The Kier molecular flexibility index (Phi) is 2.39. The lowest BCUT2D eigenvalue weighted by molar-refractivity contribution is -0.384. The van der Waals surface area contributed by atoms with E-state index in [-0.39, 0.29) is 5.69 Å². The van der Waals surface area contributed by atoms with Crippen molar-refractivity contribution in [1.29, 1.82) is 5.26 Å². The van der Waals surface area contributed by atoms with Crippen molar-refractivity contribution in [2.24, 2.45) is 5.92 Å². The quantitative estimate of drug-likeness (QED) is 0.576. The predicted molar refractivity (Wildman–Crippen MR) is 58.8 cm³/mol. The summed E-state index contributed by atoms with van der Waals surface area (Å²) in [5.41, 5.74) is 0.380. The van der Waals surface area contributed by atoms with Gasteiger partial charge in [0.2, 0.25) is 0 Å². The van der Waals surface area contributed by atoms with Gasteiger partial charge in [0.15, 0.2) is 0 Å². The molecule has 0 aliphatic heterocycles. The van der Waals surface area contributed by atoms with Crippen LogP contribution in [0, 0.1) is 27.4 Å². The second kappa shape index (κ2) is 3.60. The maximum Gasteiger partial charge on any atom is 0.269 e. The fourth-order valence-corrected chi connectivity index (χ4v) is 2.27. The van der Waals surface area contributed by atoms with Crippen molar-refractivity contribution in [2.45, 2.75) is 25.2 Å². The highest BCUT2D eigenvalue weighted by molar-refractivity contribution is 5.46. The topological polar surface area (TPSA) is 66.9 Å². The molecule has 0 bridgehead atoms. The molecule has 4 nitrogen and oxygen atoms in total. The average molecular weight is 216 g/mol. The summed E-state index contributed by atoms with van der Waals surface area (Å²) < 4.78 is 0. The van der Waals surface area contributed by atoms with Crippen LogP contribution in [-0.4, -0.2) is 4.92 Å². The number of nitro groups is 1. The zero-order chi connectivity index (χ0) is 11.8. The van der Waals surface area contributed by atoms with Crippen LogP contribution in [0.3, 0.4) is 0 Å². The van der Waals surface area contributed by atoms with Gasteiger partial charge in [-0.1, -0.05) is 25.5 Å². The van der Waals surface area contributed by atoms with Crippen LogP contribution in [0.25, 0.3) is 0 Å². The number of hydrogen-bond donors (Lipinski definition) is 0. The molecule has 2 unspecified atom stereocenters. The molecule has 0 spiro atoms. The maximum absolute atomic E-state index is 10.7. The molecule has 1 saturated carbocycles. The van der Waals surface area contributed by atoms with Crippen molar-refractivity contribution < 1.29 is 4.92 Å². The second-order valence-electron chi connectivity index (χ2n) is 4.20. The fraction of sp³-hybridized carbons (Fsp3) is 0.417. The smallest absolute Gasteiger partial charge is 0.258 e. The van der Waals surface area contributed by atoms with E-state index in [1.165, 1.54) is 12.1 Å². The van der Waals surface area contributed by atoms with Gasteiger partial charge in [-0.15, -0.1) is 0 Å². The van der Waals surface area contributed by atoms with E-state index >= 15 is 0 Å². The summed E-state index contributed by atoms with van der Waals surface area (Å²) in [6.45, 7) is 2.04. The normalized spacial score (nSPS) is 27.1. The third kappa shape index (κ3) is 1.45. The minimum atomic E-state index is -0.471. The van der Waals surface area contributed by atoms with E-state index in [2.05, 4.69) is 6.07 Å². The largest absolute Gasteiger partial charge is 0.269 e. The van der Waals surface area contributed by atoms with Crippen LogP contribution in [0.15, 0.2) is 24.3 Å². The summed E-state index contributed by atoms with van der Waals surface area (Å²) in [6.07, 6.45) is 1.76. The molecule has 1 aromatic carbocycles. The van der Waals surface area contributed by atoms with Gasteiger partial charge < -0.3 is 0 Å². The summed E-state index contributed by atoms with van der Waals surface area (Å²) in [6, 6.07) is 8.76. The van der Waals surface area contributed by atoms with Gasteiger partial charge in [0, 0.05) is 12.1 Å². The molecule has 1 fully saturated rings. The first-order valence-corrected chi connectivity index (χ1v) is 5.30. The Morgan fingerprint density at radius 3 is 2.94 bits per heavy atom. The Hall–Kier alpha value is -1.89. The molecule has 1 aromatic rings. The molecule has 2 atom stereocenters. The Morgan fingerprint density at radius 2 is 2.44 bits per heavy atom. The zero-order valence-electron chi connectivity index (χ0n) is 9.01. The maximum atomic E-state index is 10.7. The molecule has 4 heteroatoms. The van der Waals surface area contributed by atoms with Crippen LogP contribution in [0.4, 0.5) is 5.69 Å². The van der Waals surface area contributed by atoms with Crippen LogP contribution in [0.1, 0.15) is 25.3 Å². The van der Waals surface area contributed by atoms with E-state index in [0.29, 0.717) is 5.92 Å². The first kappa shape index (κ1) is 10.6. The van der Waals surface area contributed by atoms with Gasteiger partial charge in [0.05, 0.1) is 16.4 Å². The van der Waals surface area contributed by atoms with Crippen molar-refractivity contribution in [3.8, 4) is 6.07 Å². The molecule has 2 rings (SSSR count). The van der Waals surface area contributed by atoms with Gasteiger partial charge in [-0.05, 0) is 17.9 Å². The molecule has 82 valence electrons. The Labute approximate surface area is 93.7 Å². The first-order chi connectivity index (χ1) is 7.64. The lowest BCUT2D eigenvalue weighted by Gasteiger charge is -2.07. The van der Waals surface area contributed by atoms with Crippen molar-refractivity contribution in [2.75, 3.05) is 0 Å². The van der Waals surface area contributed by atoms with Gasteiger partial charge in [0.25, 0.3) is 5.69 Å². The van der Waals surface area contributed by atoms with Gasteiger partial charge >= 0.3 is 0 Å². The molecule has 0 heterocycles. The van der Waals surface area contributed by atoms with Crippen LogP contribution in [0.5, 0.6) is 0 Å². The fourth-order valence-electron chi connectivity index (χ4n) is 2.27. The molecule has 0 amide bonds. The summed E-state index contributed by atoms with van der Waals surface area (Å²) in [7, 11) is 0. The third-order valence-electron chi connectivity index (χ3n) is 3.37. The molecule has 0 aromatic heterocycles. The molecule has 0 N–H and O–H groups in total. The van der Waals surface area contributed by atoms with E-state index < -0.39 is 10.3 Å². The molecule has 1 aliphatic carbocycles. The molecule has 1 aliphatic rings. The number of nitrogens with zero attached hydrogens (tertiary/aromatic N) is 2. The summed E-state index contributed by atoms with van der Waals surface area (Å²) in [5.74, 6) is 0.347. The summed E-state index contributed by atoms with van der Waals surface area (Å²) in [4.78, 5) is 10.2. The van der Waals surface area contributed by atoms with Crippen LogP contribution in [-0.2, 0) is 5.41 Å². The first-order valence-electron chi connectivity index (χ1n) is 5.30. The van der Waals surface area contributed by atoms with E-state index in [0.717, 1.165) is 18.4 Å². The highest BCUT2D eigenvalue weighted by Crippen LogP contribution is 2.55. The van der Waals surface area contributed by atoms with Gasteiger partial charge in [0.1, 0.15) is 0 Å². The van der Waals surface area contributed by atoms with Gasteiger partial charge in [-0.25, -0.2) is 0 Å². The van der Waals surface area contributed by atoms with E-state index in [4.69, 9.17) is 0 Å². The van der Waals surface area contributed by atoms with E-state index in [1.54, 1.807) is 6.07 Å². The van der Waals surface area contributed by atoms with Gasteiger partial charge in [-0.3, -0.25) is 10.1 Å². The SMILES string of the molecule is CCC1CC1(C#N)c1cccc([N+](=O)[O-])c1. The van der Waals surface area contributed by atoms with Crippen LogP contribution in [0.2, 0.25) is 0 Å². The van der Waals surface area contributed by atoms with Gasteiger partial charge in [-0.2, -0.15) is 5.26 Å². The molecular weight excluding hydrogens is 204 g/mol. The molecule has 16 heavy (non-hydrogen) atoms. The van der Waals surface area contributed by atoms with Crippen molar-refractivity contribution >= 4 is 5.69 Å². The summed E-state index contributed by atoms with van der Waals surface area (Å²) in [5, 5.41) is 19.9. The lowest BCUT2D eigenvalue weighted by atomic mass is 9.94. The number of hydrogen-bond acceptors (Lipinski definition) is 3. The standard InChI is InChI=1S/C12H12N2O2/c1-2-9-7-12(9,8-13)10-4-3-5-11(6-10)14(15)16/h3-6,9H,2,7H2,1H3. The number of rotatable bonds is 3. The third-order valence-corrected chi connectivity index (χ3v) is 3.37. The lowest BCUT2D eigenvalue weighted by Crippen LogP contribution is -2.07. The van der Waals surface area contributed by atoms with Crippen molar-refractivity contribution in [3.63, 3.8) is 0 Å². The monoisotopic (exact) mass is 216 g/mol. The number of nitriles is 1.